The van der Waals surface area contributed by atoms with Gasteiger partial charge < -0.3 is 0 Å². The second-order valence-electron chi connectivity index (χ2n) is 3.61. The zero-order valence-electron chi connectivity index (χ0n) is 8.73. The van der Waals surface area contributed by atoms with Gasteiger partial charge in [0, 0.05) is 29.8 Å². The van der Waals surface area contributed by atoms with Gasteiger partial charge in [0.25, 0.3) is 0 Å². The Labute approximate surface area is 89.0 Å². The Balaban J connectivity index is 2.42. The molecule has 15 heavy (non-hydrogen) atoms. The van der Waals surface area contributed by atoms with Crippen molar-refractivity contribution in [3.8, 4) is 0 Å². The van der Waals surface area contributed by atoms with Crippen molar-refractivity contribution in [2.45, 2.75) is 19.8 Å². The summed E-state index contributed by atoms with van der Waals surface area (Å²) in [6.45, 7) is 2.01. The van der Waals surface area contributed by atoms with Gasteiger partial charge in [-0.15, -0.1) is 0 Å². The maximum absolute atomic E-state index is 11.7. The third kappa shape index (κ3) is 2.04. The SMILES string of the molecule is CCCC(=O)c1ccc2ccncc2c1. The number of benzene rings is 1. The van der Waals surface area contributed by atoms with E-state index in [4.69, 9.17) is 0 Å². The largest absolute Gasteiger partial charge is 0.294 e. The molecule has 0 N–H and O–H groups in total. The van der Waals surface area contributed by atoms with Gasteiger partial charge in [0.05, 0.1) is 0 Å². The molecular weight excluding hydrogens is 186 g/mol. The molecule has 0 spiro atoms. The van der Waals surface area contributed by atoms with E-state index in [-0.39, 0.29) is 5.78 Å². The van der Waals surface area contributed by atoms with E-state index in [1.807, 2.05) is 31.2 Å². The van der Waals surface area contributed by atoms with E-state index >= 15 is 0 Å². The molecule has 2 rings (SSSR count). The molecule has 1 heterocycles. The van der Waals surface area contributed by atoms with Crippen LogP contribution in [0.1, 0.15) is 30.1 Å². The minimum absolute atomic E-state index is 0.211. The Morgan fingerprint density at radius 3 is 2.93 bits per heavy atom. The van der Waals surface area contributed by atoms with Crippen LogP contribution in [0.3, 0.4) is 0 Å². The van der Waals surface area contributed by atoms with Crippen molar-refractivity contribution in [2.75, 3.05) is 0 Å². The summed E-state index contributed by atoms with van der Waals surface area (Å²) < 4.78 is 0. The highest BCUT2D eigenvalue weighted by molar-refractivity contribution is 5.99. The summed E-state index contributed by atoms with van der Waals surface area (Å²) in [7, 11) is 0. The van der Waals surface area contributed by atoms with Gasteiger partial charge in [-0.2, -0.15) is 0 Å². The number of Topliss-reactive ketones (excluding diaryl/α,β-unsaturated/α-hetero) is 1. The monoisotopic (exact) mass is 199 g/mol. The van der Waals surface area contributed by atoms with Crippen molar-refractivity contribution in [2.24, 2.45) is 0 Å². The molecule has 0 atom stereocenters. The van der Waals surface area contributed by atoms with E-state index in [0.29, 0.717) is 6.42 Å². The quantitative estimate of drug-likeness (QED) is 0.710. The lowest BCUT2D eigenvalue weighted by molar-refractivity contribution is 0.0982. The lowest BCUT2D eigenvalue weighted by Crippen LogP contribution is -1.97. The molecule has 0 amide bonds. The fourth-order valence-corrected chi connectivity index (χ4v) is 1.63. The van der Waals surface area contributed by atoms with E-state index in [1.54, 1.807) is 12.4 Å². The van der Waals surface area contributed by atoms with Crippen LogP contribution in [0.15, 0.2) is 36.7 Å². The molecule has 1 aromatic heterocycles. The minimum Gasteiger partial charge on any atom is -0.294 e. The highest BCUT2D eigenvalue weighted by Gasteiger charge is 2.04. The molecule has 0 aliphatic heterocycles. The third-order valence-electron chi connectivity index (χ3n) is 2.44. The van der Waals surface area contributed by atoms with Crippen LogP contribution in [0, 0.1) is 0 Å². The Kier molecular flexibility index (Phi) is 2.77. The Hall–Kier alpha value is -1.70. The second-order valence-corrected chi connectivity index (χ2v) is 3.61. The Bertz CT molecular complexity index is 491. The van der Waals surface area contributed by atoms with Crippen molar-refractivity contribution < 1.29 is 4.79 Å². The van der Waals surface area contributed by atoms with Crippen LogP contribution in [0.25, 0.3) is 10.8 Å². The first kappa shape index (κ1) is 9.84. The first-order valence-corrected chi connectivity index (χ1v) is 5.18. The van der Waals surface area contributed by atoms with Crippen LogP contribution in [-0.4, -0.2) is 10.8 Å². The average Bonchev–Trinajstić information content (AvgIpc) is 2.29. The zero-order valence-corrected chi connectivity index (χ0v) is 8.73. The van der Waals surface area contributed by atoms with Gasteiger partial charge in [-0.3, -0.25) is 9.78 Å². The summed E-state index contributed by atoms with van der Waals surface area (Å²) in [6.07, 6.45) is 5.06. The molecule has 0 saturated carbocycles. The van der Waals surface area contributed by atoms with E-state index in [9.17, 15) is 4.79 Å². The van der Waals surface area contributed by atoms with E-state index in [2.05, 4.69) is 4.98 Å². The number of hydrogen-bond donors (Lipinski definition) is 0. The highest BCUT2D eigenvalue weighted by atomic mass is 16.1. The number of rotatable bonds is 3. The summed E-state index contributed by atoms with van der Waals surface area (Å²) in [5, 5.41) is 2.15. The smallest absolute Gasteiger partial charge is 0.162 e. The topological polar surface area (TPSA) is 30.0 Å². The van der Waals surface area contributed by atoms with Crippen LogP contribution in [-0.2, 0) is 0 Å². The predicted molar refractivity (Wildman–Crippen MR) is 61.0 cm³/mol. The lowest BCUT2D eigenvalue weighted by atomic mass is 10.0. The molecule has 0 fully saturated rings. The van der Waals surface area contributed by atoms with Gasteiger partial charge in [-0.1, -0.05) is 19.1 Å². The molecule has 0 aliphatic carbocycles. The summed E-state index contributed by atoms with van der Waals surface area (Å²) in [5.74, 6) is 0.211. The fourth-order valence-electron chi connectivity index (χ4n) is 1.63. The molecule has 76 valence electrons. The number of ketones is 1. The molecule has 0 bridgehead atoms. The molecule has 2 aromatic rings. The van der Waals surface area contributed by atoms with E-state index in [1.165, 1.54) is 0 Å². The summed E-state index contributed by atoms with van der Waals surface area (Å²) in [5.41, 5.74) is 0.789. The number of aromatic nitrogens is 1. The maximum atomic E-state index is 11.7. The minimum atomic E-state index is 0.211. The first-order valence-electron chi connectivity index (χ1n) is 5.18. The van der Waals surface area contributed by atoms with Crippen molar-refractivity contribution in [3.05, 3.63) is 42.2 Å². The van der Waals surface area contributed by atoms with Gasteiger partial charge in [-0.05, 0) is 23.9 Å². The molecule has 0 aliphatic rings. The number of nitrogens with zero attached hydrogens (tertiary/aromatic N) is 1. The molecule has 1 aromatic carbocycles. The number of fused-ring (bicyclic) bond motifs is 1. The lowest BCUT2D eigenvalue weighted by Gasteiger charge is -2.01. The number of carbonyl (C=O) groups is 1. The van der Waals surface area contributed by atoms with Crippen molar-refractivity contribution in [3.63, 3.8) is 0 Å². The first-order chi connectivity index (χ1) is 7.31. The second kappa shape index (κ2) is 4.22. The van der Waals surface area contributed by atoms with Crippen LogP contribution in [0.4, 0.5) is 0 Å². The molecule has 2 heteroatoms. The highest BCUT2D eigenvalue weighted by Crippen LogP contribution is 2.15. The van der Waals surface area contributed by atoms with Crippen LogP contribution >= 0.6 is 0 Å². The van der Waals surface area contributed by atoms with Gasteiger partial charge >= 0.3 is 0 Å². The number of hydrogen-bond acceptors (Lipinski definition) is 2. The normalized spacial score (nSPS) is 10.5. The van der Waals surface area contributed by atoms with Crippen LogP contribution in [0.2, 0.25) is 0 Å². The maximum Gasteiger partial charge on any atom is 0.162 e. The molecule has 0 saturated heterocycles. The summed E-state index contributed by atoms with van der Waals surface area (Å²) in [6, 6.07) is 7.73. The Morgan fingerprint density at radius 1 is 1.27 bits per heavy atom. The van der Waals surface area contributed by atoms with Crippen molar-refractivity contribution in [1.29, 1.82) is 0 Å². The Morgan fingerprint density at radius 2 is 2.13 bits per heavy atom. The zero-order chi connectivity index (χ0) is 10.7. The molecule has 0 unspecified atom stereocenters. The van der Waals surface area contributed by atoms with E-state index < -0.39 is 0 Å². The van der Waals surface area contributed by atoms with Crippen LogP contribution < -0.4 is 0 Å². The number of carbonyl (C=O) groups excluding carboxylic acids is 1. The van der Waals surface area contributed by atoms with Gasteiger partial charge in [0.1, 0.15) is 0 Å². The number of pyridine rings is 1. The average molecular weight is 199 g/mol. The van der Waals surface area contributed by atoms with E-state index in [0.717, 1.165) is 22.8 Å². The third-order valence-corrected chi connectivity index (χ3v) is 2.44. The van der Waals surface area contributed by atoms with Gasteiger partial charge in [0.2, 0.25) is 0 Å². The molecular formula is C13H13NO. The molecule has 0 radical (unpaired) electrons. The summed E-state index contributed by atoms with van der Waals surface area (Å²) in [4.78, 5) is 15.7. The standard InChI is InChI=1S/C13H13NO/c1-2-3-13(15)11-5-4-10-6-7-14-9-12(10)8-11/h4-9H,2-3H2,1H3. The van der Waals surface area contributed by atoms with Crippen molar-refractivity contribution in [1.82, 2.24) is 4.98 Å². The fraction of sp³-hybridized carbons (Fsp3) is 0.231. The molecule has 2 nitrogen and oxygen atoms in total. The van der Waals surface area contributed by atoms with Gasteiger partial charge in [0.15, 0.2) is 5.78 Å². The summed E-state index contributed by atoms with van der Waals surface area (Å²) >= 11 is 0. The predicted octanol–water partition coefficient (Wildman–Crippen LogP) is 3.22. The van der Waals surface area contributed by atoms with Crippen LogP contribution in [0.5, 0.6) is 0 Å². The van der Waals surface area contributed by atoms with Crippen molar-refractivity contribution >= 4 is 16.6 Å². The van der Waals surface area contributed by atoms with Gasteiger partial charge in [-0.25, -0.2) is 0 Å².